The van der Waals surface area contributed by atoms with E-state index in [4.69, 9.17) is 10.5 Å². The molecule has 1 unspecified atom stereocenters. The zero-order valence-electron chi connectivity index (χ0n) is 11.3. The molecule has 98 valence electrons. The molecule has 0 bridgehead atoms. The summed E-state index contributed by atoms with van der Waals surface area (Å²) in [6.07, 6.45) is 2.63. The Balaban J connectivity index is 2.62. The Bertz CT molecular complexity index is 333. The van der Waals surface area contributed by atoms with E-state index in [9.17, 15) is 0 Å². The van der Waals surface area contributed by atoms with Crippen LogP contribution in [0.2, 0.25) is 0 Å². The molecule has 0 spiro atoms. The highest BCUT2D eigenvalue weighted by molar-refractivity contribution is 5.27. The van der Waals surface area contributed by atoms with E-state index in [-0.39, 0.29) is 6.04 Å². The van der Waals surface area contributed by atoms with E-state index < -0.39 is 0 Å². The van der Waals surface area contributed by atoms with Crippen molar-refractivity contribution in [3.05, 3.63) is 11.9 Å². The Hall–Kier alpha value is -1.07. The summed E-state index contributed by atoms with van der Waals surface area (Å²) >= 11 is 0. The lowest BCUT2D eigenvalue weighted by molar-refractivity contribution is 0.287. The lowest BCUT2D eigenvalue weighted by atomic mass is 10.1. The molecule has 0 saturated carbocycles. The summed E-state index contributed by atoms with van der Waals surface area (Å²) in [7, 11) is 3.55. The minimum Gasteiger partial charge on any atom is -0.493 e. The zero-order chi connectivity index (χ0) is 12.8. The van der Waals surface area contributed by atoms with Gasteiger partial charge in [-0.1, -0.05) is 13.8 Å². The molecule has 2 N–H and O–H groups in total. The van der Waals surface area contributed by atoms with Gasteiger partial charge in [0.25, 0.3) is 0 Å². The fraction of sp³-hybridized carbons (Fsp3) is 0.750. The van der Waals surface area contributed by atoms with E-state index in [1.165, 1.54) is 0 Å². The molecule has 5 heteroatoms. The fourth-order valence-corrected chi connectivity index (χ4v) is 2.01. The summed E-state index contributed by atoms with van der Waals surface area (Å²) in [6, 6.07) is -0.0296. The van der Waals surface area contributed by atoms with Gasteiger partial charge in [0, 0.05) is 7.05 Å². The normalized spacial score (nSPS) is 13.1. The van der Waals surface area contributed by atoms with Gasteiger partial charge in [-0.3, -0.25) is 4.68 Å². The van der Waals surface area contributed by atoms with Crippen LogP contribution in [0.1, 0.15) is 32.0 Å². The topological polar surface area (TPSA) is 56.3 Å². The van der Waals surface area contributed by atoms with Crippen molar-refractivity contribution in [2.45, 2.75) is 26.3 Å². The van der Waals surface area contributed by atoms with Crippen LogP contribution in [0.25, 0.3) is 0 Å². The second-order valence-electron chi connectivity index (χ2n) is 4.14. The first-order chi connectivity index (χ1) is 8.13. The molecular formula is C12H24N4O. The predicted octanol–water partition coefficient (Wildman–Crippen LogP) is 1.16. The van der Waals surface area contributed by atoms with Crippen LogP contribution in [0.4, 0.5) is 0 Å². The molecule has 0 amide bonds. The molecule has 0 saturated heterocycles. The smallest absolute Gasteiger partial charge is 0.161 e. The van der Waals surface area contributed by atoms with E-state index in [0.717, 1.165) is 37.5 Å². The number of nitrogens with two attached hydrogens (primary N) is 1. The third kappa shape index (κ3) is 3.44. The maximum atomic E-state index is 6.21. The van der Waals surface area contributed by atoms with Gasteiger partial charge < -0.3 is 15.4 Å². The van der Waals surface area contributed by atoms with Gasteiger partial charge in [-0.05, 0) is 26.1 Å². The molecule has 1 aromatic rings. The molecule has 0 aliphatic rings. The summed E-state index contributed by atoms with van der Waals surface area (Å²) < 4.78 is 7.07. The second kappa shape index (κ2) is 6.61. The van der Waals surface area contributed by atoms with Gasteiger partial charge >= 0.3 is 0 Å². The van der Waals surface area contributed by atoms with Crippen molar-refractivity contribution in [3.8, 4) is 5.75 Å². The van der Waals surface area contributed by atoms with Crippen molar-refractivity contribution in [2.24, 2.45) is 12.8 Å². The van der Waals surface area contributed by atoms with Gasteiger partial charge in [-0.15, -0.1) is 0 Å². The highest BCUT2D eigenvalue weighted by Gasteiger charge is 2.17. The monoisotopic (exact) mass is 240 g/mol. The van der Waals surface area contributed by atoms with Crippen LogP contribution in [0.5, 0.6) is 5.75 Å². The molecule has 1 rings (SSSR count). The summed E-state index contributed by atoms with van der Waals surface area (Å²) in [5.74, 6) is 0.777. The minimum atomic E-state index is -0.0296. The van der Waals surface area contributed by atoms with E-state index in [1.54, 1.807) is 18.0 Å². The van der Waals surface area contributed by atoms with Crippen LogP contribution in [-0.2, 0) is 7.05 Å². The number of hydrogen-bond donors (Lipinski definition) is 1. The number of ether oxygens (including phenoxy) is 1. The molecule has 0 radical (unpaired) electrons. The molecule has 0 aromatic carbocycles. The number of aryl methyl sites for hydroxylation is 1. The molecule has 5 nitrogen and oxygen atoms in total. The van der Waals surface area contributed by atoms with Crippen molar-refractivity contribution in [2.75, 3.05) is 26.7 Å². The number of rotatable bonds is 7. The van der Waals surface area contributed by atoms with Gasteiger partial charge in [-0.25, -0.2) is 0 Å². The quantitative estimate of drug-likeness (QED) is 0.777. The average molecular weight is 240 g/mol. The van der Waals surface area contributed by atoms with Crippen molar-refractivity contribution >= 4 is 0 Å². The summed E-state index contributed by atoms with van der Waals surface area (Å²) in [5, 5.41) is 4.17. The fourth-order valence-electron chi connectivity index (χ4n) is 2.01. The Kier molecular flexibility index (Phi) is 5.44. The van der Waals surface area contributed by atoms with Crippen LogP contribution >= 0.6 is 0 Å². The number of methoxy groups -OCH3 is 1. The molecule has 0 aliphatic carbocycles. The first-order valence-electron chi connectivity index (χ1n) is 6.17. The van der Waals surface area contributed by atoms with E-state index in [1.807, 2.05) is 7.05 Å². The van der Waals surface area contributed by atoms with Crippen LogP contribution < -0.4 is 10.5 Å². The zero-order valence-corrected chi connectivity index (χ0v) is 11.3. The van der Waals surface area contributed by atoms with Gasteiger partial charge in [0.05, 0.1) is 25.0 Å². The van der Waals surface area contributed by atoms with Gasteiger partial charge in [-0.2, -0.15) is 5.10 Å². The SMILES string of the molecule is CCN(CC)CCC(N)c1c(OC)cnn1C. The van der Waals surface area contributed by atoms with Gasteiger partial charge in [0.15, 0.2) is 5.75 Å². The first-order valence-corrected chi connectivity index (χ1v) is 6.17. The van der Waals surface area contributed by atoms with E-state index in [0.29, 0.717) is 0 Å². The second-order valence-corrected chi connectivity index (χ2v) is 4.14. The van der Waals surface area contributed by atoms with Crippen LogP contribution in [0.15, 0.2) is 6.20 Å². The number of hydrogen-bond acceptors (Lipinski definition) is 4. The lowest BCUT2D eigenvalue weighted by Gasteiger charge is -2.21. The van der Waals surface area contributed by atoms with E-state index in [2.05, 4.69) is 23.8 Å². The highest BCUT2D eigenvalue weighted by Crippen LogP contribution is 2.24. The Morgan fingerprint density at radius 1 is 1.47 bits per heavy atom. The van der Waals surface area contributed by atoms with Crippen molar-refractivity contribution in [3.63, 3.8) is 0 Å². The molecule has 17 heavy (non-hydrogen) atoms. The molecule has 1 aromatic heterocycles. The van der Waals surface area contributed by atoms with Crippen molar-refractivity contribution in [1.29, 1.82) is 0 Å². The minimum absolute atomic E-state index is 0.0296. The first kappa shape index (κ1) is 14.0. The molecule has 1 atom stereocenters. The van der Waals surface area contributed by atoms with Gasteiger partial charge in [0.2, 0.25) is 0 Å². The summed E-state index contributed by atoms with van der Waals surface area (Å²) in [5.41, 5.74) is 7.18. The largest absolute Gasteiger partial charge is 0.493 e. The molecule has 0 aliphatic heterocycles. The highest BCUT2D eigenvalue weighted by atomic mass is 16.5. The predicted molar refractivity (Wildman–Crippen MR) is 69.1 cm³/mol. The molecule has 0 fully saturated rings. The maximum absolute atomic E-state index is 6.21. The Labute approximate surface area is 104 Å². The molecular weight excluding hydrogens is 216 g/mol. The third-order valence-electron chi connectivity index (χ3n) is 3.17. The van der Waals surface area contributed by atoms with E-state index >= 15 is 0 Å². The van der Waals surface area contributed by atoms with Gasteiger partial charge in [0.1, 0.15) is 0 Å². The van der Waals surface area contributed by atoms with Crippen LogP contribution in [0, 0.1) is 0 Å². The maximum Gasteiger partial charge on any atom is 0.161 e. The third-order valence-corrected chi connectivity index (χ3v) is 3.17. The number of nitrogens with zero attached hydrogens (tertiary/aromatic N) is 3. The van der Waals surface area contributed by atoms with Crippen molar-refractivity contribution < 1.29 is 4.74 Å². The lowest BCUT2D eigenvalue weighted by Crippen LogP contribution is -2.27. The average Bonchev–Trinajstić information content (AvgIpc) is 2.71. The van der Waals surface area contributed by atoms with Crippen LogP contribution in [0.3, 0.4) is 0 Å². The van der Waals surface area contributed by atoms with Crippen molar-refractivity contribution in [1.82, 2.24) is 14.7 Å². The Morgan fingerprint density at radius 2 is 2.12 bits per heavy atom. The summed E-state index contributed by atoms with van der Waals surface area (Å²) in [4.78, 5) is 2.36. The molecule has 1 heterocycles. The standard InChI is InChI=1S/C12H24N4O/c1-5-16(6-2)8-7-10(13)12-11(17-4)9-14-15(12)3/h9-10H,5-8,13H2,1-4H3. The van der Waals surface area contributed by atoms with Crippen LogP contribution in [-0.4, -0.2) is 41.4 Å². The number of aromatic nitrogens is 2. The Morgan fingerprint density at radius 3 is 2.65 bits per heavy atom. The summed E-state index contributed by atoms with van der Waals surface area (Å²) in [6.45, 7) is 7.46.